The molecule has 0 spiro atoms. The molecule has 0 saturated heterocycles. The average Bonchev–Trinajstić information content (AvgIpc) is 2.91. The fourth-order valence-corrected chi connectivity index (χ4v) is 3.69. The molecule has 1 aromatic carbocycles. The van der Waals surface area contributed by atoms with Crippen molar-refractivity contribution in [2.45, 2.75) is 0 Å². The molecule has 0 atom stereocenters. The molecule has 3 aromatic rings. The van der Waals surface area contributed by atoms with Crippen molar-refractivity contribution in [1.29, 1.82) is 0 Å². The average molecular weight is 416 g/mol. The van der Waals surface area contributed by atoms with Gasteiger partial charge >= 0.3 is 0 Å². The second-order valence-electron chi connectivity index (χ2n) is 4.08. The molecule has 1 amide bonds. The molecular formula is C12H8Br2N4OS. The van der Waals surface area contributed by atoms with Gasteiger partial charge in [-0.1, -0.05) is 27.3 Å². The van der Waals surface area contributed by atoms with Gasteiger partial charge in [-0.05, 0) is 34.1 Å². The van der Waals surface area contributed by atoms with Crippen LogP contribution >= 0.6 is 43.2 Å². The van der Waals surface area contributed by atoms with Crippen LogP contribution in [0.2, 0.25) is 0 Å². The predicted molar refractivity (Wildman–Crippen MR) is 86.2 cm³/mol. The zero-order chi connectivity index (χ0) is 14.3. The van der Waals surface area contributed by atoms with Crippen LogP contribution in [-0.2, 0) is 7.05 Å². The standard InChI is InChI=1S/C12H8Br2N4OS/c1-18-5-7(14)10(17-18)11(19)16-12-15-8-3-2-6(13)4-9(8)20-12/h2-5H,1H3,(H,15,16,19). The van der Waals surface area contributed by atoms with E-state index in [1.54, 1.807) is 17.9 Å². The topological polar surface area (TPSA) is 59.8 Å². The smallest absolute Gasteiger partial charge is 0.279 e. The van der Waals surface area contributed by atoms with Crippen LogP contribution in [-0.4, -0.2) is 20.7 Å². The van der Waals surface area contributed by atoms with Crippen molar-refractivity contribution in [3.8, 4) is 0 Å². The minimum absolute atomic E-state index is 0.282. The number of rotatable bonds is 2. The summed E-state index contributed by atoms with van der Waals surface area (Å²) < 4.78 is 4.23. The summed E-state index contributed by atoms with van der Waals surface area (Å²) in [5.41, 5.74) is 1.20. The van der Waals surface area contributed by atoms with Crippen LogP contribution in [0.25, 0.3) is 10.2 Å². The van der Waals surface area contributed by atoms with Crippen LogP contribution in [0.5, 0.6) is 0 Å². The fraction of sp³-hybridized carbons (Fsp3) is 0.0833. The molecule has 0 unspecified atom stereocenters. The van der Waals surface area contributed by atoms with E-state index in [2.05, 4.69) is 47.3 Å². The fourth-order valence-electron chi connectivity index (χ4n) is 1.72. The minimum Gasteiger partial charge on any atom is -0.296 e. The zero-order valence-corrected chi connectivity index (χ0v) is 14.2. The van der Waals surface area contributed by atoms with Gasteiger partial charge in [-0.25, -0.2) is 4.98 Å². The first-order valence-electron chi connectivity index (χ1n) is 5.59. The Labute approximate surface area is 135 Å². The third-order valence-electron chi connectivity index (χ3n) is 2.57. The van der Waals surface area contributed by atoms with Crippen LogP contribution in [0.4, 0.5) is 5.13 Å². The van der Waals surface area contributed by atoms with Gasteiger partial charge in [0, 0.05) is 17.7 Å². The summed E-state index contributed by atoms with van der Waals surface area (Å²) in [6.45, 7) is 0. The molecule has 2 heterocycles. The van der Waals surface area contributed by atoms with Crippen molar-refractivity contribution in [2.75, 3.05) is 5.32 Å². The largest absolute Gasteiger partial charge is 0.296 e. The van der Waals surface area contributed by atoms with Crippen LogP contribution in [0.15, 0.2) is 33.3 Å². The number of carbonyl (C=O) groups is 1. The van der Waals surface area contributed by atoms with Crippen molar-refractivity contribution in [1.82, 2.24) is 14.8 Å². The molecule has 102 valence electrons. The molecule has 1 N–H and O–H groups in total. The first-order valence-corrected chi connectivity index (χ1v) is 8.00. The van der Waals surface area contributed by atoms with E-state index in [0.717, 1.165) is 14.7 Å². The number of nitrogens with zero attached hydrogens (tertiary/aromatic N) is 3. The van der Waals surface area contributed by atoms with Gasteiger partial charge in [0.1, 0.15) is 0 Å². The Balaban J connectivity index is 1.89. The zero-order valence-electron chi connectivity index (χ0n) is 10.2. The molecule has 0 bridgehead atoms. The van der Waals surface area contributed by atoms with Crippen LogP contribution in [0.3, 0.4) is 0 Å². The lowest BCUT2D eigenvalue weighted by Gasteiger charge is -1.97. The number of benzene rings is 1. The summed E-state index contributed by atoms with van der Waals surface area (Å²) in [5, 5.41) is 7.43. The quantitative estimate of drug-likeness (QED) is 0.692. The molecule has 2 aromatic heterocycles. The molecule has 0 aliphatic rings. The molecule has 0 aliphatic heterocycles. The summed E-state index contributed by atoms with van der Waals surface area (Å²) in [4.78, 5) is 16.5. The maximum atomic E-state index is 12.1. The number of anilines is 1. The number of nitrogens with one attached hydrogen (secondary N) is 1. The number of aryl methyl sites for hydroxylation is 1. The SMILES string of the molecule is Cn1cc(Br)c(C(=O)Nc2nc3ccc(Br)cc3s2)n1. The number of amides is 1. The van der Waals surface area contributed by atoms with Gasteiger partial charge in [0.05, 0.1) is 14.7 Å². The lowest BCUT2D eigenvalue weighted by molar-refractivity contribution is 0.102. The lowest BCUT2D eigenvalue weighted by Crippen LogP contribution is -2.13. The van der Waals surface area contributed by atoms with Crippen LogP contribution < -0.4 is 5.32 Å². The van der Waals surface area contributed by atoms with Crippen molar-refractivity contribution in [3.63, 3.8) is 0 Å². The van der Waals surface area contributed by atoms with Gasteiger partial charge in [0.25, 0.3) is 5.91 Å². The van der Waals surface area contributed by atoms with Gasteiger partial charge in [-0.15, -0.1) is 0 Å². The second-order valence-corrected chi connectivity index (χ2v) is 6.89. The van der Waals surface area contributed by atoms with E-state index in [9.17, 15) is 4.79 Å². The normalized spacial score (nSPS) is 10.9. The number of carbonyl (C=O) groups excluding carboxylic acids is 1. The maximum Gasteiger partial charge on any atom is 0.279 e. The molecule has 0 aliphatic carbocycles. The first kappa shape index (κ1) is 13.7. The Morgan fingerprint density at radius 1 is 1.40 bits per heavy atom. The number of thiazole rings is 1. The number of hydrogen-bond acceptors (Lipinski definition) is 4. The highest BCUT2D eigenvalue weighted by Gasteiger charge is 2.16. The lowest BCUT2D eigenvalue weighted by atomic mass is 10.3. The summed E-state index contributed by atoms with van der Waals surface area (Å²) in [6.07, 6.45) is 1.73. The van der Waals surface area contributed by atoms with Crippen molar-refractivity contribution in [2.24, 2.45) is 7.05 Å². The van der Waals surface area contributed by atoms with Gasteiger partial charge in [0.2, 0.25) is 0 Å². The molecule has 20 heavy (non-hydrogen) atoms. The molecular weight excluding hydrogens is 408 g/mol. The summed E-state index contributed by atoms with van der Waals surface area (Å²) in [7, 11) is 1.76. The van der Waals surface area contributed by atoms with E-state index in [4.69, 9.17) is 0 Å². The third-order valence-corrected chi connectivity index (χ3v) is 4.58. The van der Waals surface area contributed by atoms with E-state index in [1.165, 1.54) is 11.3 Å². The Bertz CT molecular complexity index is 811. The molecule has 3 rings (SSSR count). The third kappa shape index (κ3) is 2.63. The van der Waals surface area contributed by atoms with Gasteiger partial charge < -0.3 is 0 Å². The van der Waals surface area contributed by atoms with Crippen molar-refractivity contribution >= 4 is 64.5 Å². The predicted octanol–water partition coefficient (Wildman–Crippen LogP) is 3.81. The van der Waals surface area contributed by atoms with Crippen molar-refractivity contribution in [3.05, 3.63) is 39.0 Å². The second kappa shape index (κ2) is 5.27. The van der Waals surface area contributed by atoms with Gasteiger partial charge in [-0.3, -0.25) is 14.8 Å². The van der Waals surface area contributed by atoms with E-state index >= 15 is 0 Å². The number of fused-ring (bicyclic) bond motifs is 1. The molecule has 8 heteroatoms. The molecule has 0 radical (unpaired) electrons. The number of aromatic nitrogens is 3. The van der Waals surface area contributed by atoms with Crippen molar-refractivity contribution < 1.29 is 4.79 Å². The highest BCUT2D eigenvalue weighted by Crippen LogP contribution is 2.29. The van der Waals surface area contributed by atoms with E-state index in [1.807, 2.05) is 18.2 Å². The van der Waals surface area contributed by atoms with E-state index in [0.29, 0.717) is 15.3 Å². The Hall–Kier alpha value is -1.25. The maximum absolute atomic E-state index is 12.1. The molecule has 0 saturated carbocycles. The van der Waals surface area contributed by atoms with E-state index < -0.39 is 0 Å². The van der Waals surface area contributed by atoms with Gasteiger partial charge in [0.15, 0.2) is 10.8 Å². The Morgan fingerprint density at radius 3 is 2.90 bits per heavy atom. The van der Waals surface area contributed by atoms with Gasteiger partial charge in [-0.2, -0.15) is 5.10 Å². The number of hydrogen-bond donors (Lipinski definition) is 1. The molecule has 0 fully saturated rings. The number of halogens is 2. The minimum atomic E-state index is -0.282. The Morgan fingerprint density at radius 2 is 2.20 bits per heavy atom. The summed E-state index contributed by atoms with van der Waals surface area (Å²) in [5.74, 6) is -0.282. The highest BCUT2D eigenvalue weighted by molar-refractivity contribution is 9.10. The summed E-state index contributed by atoms with van der Waals surface area (Å²) >= 11 is 8.15. The first-order chi connectivity index (χ1) is 9.52. The van der Waals surface area contributed by atoms with E-state index in [-0.39, 0.29) is 5.91 Å². The highest BCUT2D eigenvalue weighted by atomic mass is 79.9. The monoisotopic (exact) mass is 414 g/mol. The van der Waals surface area contributed by atoms with Crippen LogP contribution in [0.1, 0.15) is 10.5 Å². The summed E-state index contributed by atoms with van der Waals surface area (Å²) in [6, 6.07) is 5.80. The Kier molecular flexibility index (Phi) is 3.61. The van der Waals surface area contributed by atoms with Crippen LogP contribution in [0, 0.1) is 0 Å². The molecule has 5 nitrogen and oxygen atoms in total.